The van der Waals surface area contributed by atoms with E-state index in [0.29, 0.717) is 6.42 Å². The van der Waals surface area contributed by atoms with Crippen molar-refractivity contribution in [1.29, 1.82) is 0 Å². The summed E-state index contributed by atoms with van der Waals surface area (Å²) < 4.78 is 0. The van der Waals surface area contributed by atoms with E-state index in [1.165, 1.54) is 7.05 Å². The largest absolute Gasteiger partial charge is 0.358 e. The molecule has 2 aromatic rings. The molecule has 6 heteroatoms. The van der Waals surface area contributed by atoms with E-state index in [4.69, 9.17) is 0 Å². The third-order valence-corrected chi connectivity index (χ3v) is 5.03. The Morgan fingerprint density at radius 3 is 2.37 bits per heavy atom. The quantitative estimate of drug-likeness (QED) is 0.812. The van der Waals surface area contributed by atoms with Crippen molar-refractivity contribution in [2.75, 3.05) is 25.5 Å². The van der Waals surface area contributed by atoms with Crippen LogP contribution in [0, 0.1) is 0 Å². The van der Waals surface area contributed by atoms with Gasteiger partial charge in [0, 0.05) is 26.2 Å². The van der Waals surface area contributed by atoms with Crippen LogP contribution >= 0.6 is 0 Å². The Balaban J connectivity index is 1.97. The standard InChI is InChI=1S/C21H23N3O3/c1-22-19(26)14-23-18(25)13-21(12-15-8-4-3-5-9-15)16-10-6-7-11-17(16)24(2)20(21)27/h3-11H,12-14H2,1-2H3,(H,22,26)(H,23,25). The number of nitrogens with zero attached hydrogens (tertiary/aromatic N) is 1. The maximum Gasteiger partial charge on any atom is 0.239 e. The number of para-hydroxylation sites is 1. The fourth-order valence-corrected chi connectivity index (χ4v) is 3.67. The van der Waals surface area contributed by atoms with Crippen LogP contribution in [0.15, 0.2) is 54.6 Å². The summed E-state index contributed by atoms with van der Waals surface area (Å²) in [7, 11) is 3.24. The number of carbonyl (C=O) groups excluding carboxylic acids is 3. The van der Waals surface area contributed by atoms with E-state index in [-0.39, 0.29) is 30.7 Å². The van der Waals surface area contributed by atoms with Crippen LogP contribution in [0.25, 0.3) is 0 Å². The van der Waals surface area contributed by atoms with Crippen molar-refractivity contribution >= 4 is 23.4 Å². The number of amides is 3. The summed E-state index contributed by atoms with van der Waals surface area (Å²) >= 11 is 0. The molecular weight excluding hydrogens is 342 g/mol. The third kappa shape index (κ3) is 3.56. The summed E-state index contributed by atoms with van der Waals surface area (Å²) in [5, 5.41) is 5.08. The molecule has 0 aliphatic carbocycles. The molecule has 1 aliphatic rings. The molecule has 3 rings (SSSR count). The predicted molar refractivity (Wildman–Crippen MR) is 103 cm³/mol. The van der Waals surface area contributed by atoms with Crippen LogP contribution in [0.5, 0.6) is 0 Å². The normalized spacial score (nSPS) is 18.1. The van der Waals surface area contributed by atoms with Crippen LogP contribution in [0.4, 0.5) is 5.69 Å². The second kappa shape index (κ2) is 7.61. The van der Waals surface area contributed by atoms with Crippen molar-refractivity contribution in [1.82, 2.24) is 10.6 Å². The molecular formula is C21H23N3O3. The zero-order valence-corrected chi connectivity index (χ0v) is 15.5. The third-order valence-electron chi connectivity index (χ3n) is 5.03. The molecule has 27 heavy (non-hydrogen) atoms. The second-order valence-corrected chi connectivity index (χ2v) is 6.75. The molecule has 6 nitrogen and oxygen atoms in total. The molecule has 1 unspecified atom stereocenters. The molecule has 0 bridgehead atoms. The van der Waals surface area contributed by atoms with Crippen molar-refractivity contribution in [3.63, 3.8) is 0 Å². The SMILES string of the molecule is CNC(=O)CNC(=O)CC1(Cc2ccccc2)C(=O)N(C)c2ccccc21. The van der Waals surface area contributed by atoms with Gasteiger partial charge in [0.05, 0.1) is 12.0 Å². The number of likely N-dealkylation sites (N-methyl/N-ethyl adjacent to an activating group) is 2. The van der Waals surface area contributed by atoms with Crippen LogP contribution in [0.3, 0.4) is 0 Å². The monoisotopic (exact) mass is 365 g/mol. The average molecular weight is 365 g/mol. The van der Waals surface area contributed by atoms with Crippen LogP contribution < -0.4 is 15.5 Å². The zero-order chi connectivity index (χ0) is 19.4. The van der Waals surface area contributed by atoms with Crippen molar-refractivity contribution in [2.24, 2.45) is 0 Å². The minimum absolute atomic E-state index is 0.0148. The van der Waals surface area contributed by atoms with E-state index in [1.54, 1.807) is 11.9 Å². The number of benzene rings is 2. The van der Waals surface area contributed by atoms with Crippen LogP contribution in [-0.4, -0.2) is 38.4 Å². The Bertz CT molecular complexity index is 866. The Hall–Kier alpha value is -3.15. The van der Waals surface area contributed by atoms with Gasteiger partial charge in [0.25, 0.3) is 0 Å². The van der Waals surface area contributed by atoms with Crippen LogP contribution in [-0.2, 0) is 26.2 Å². The Morgan fingerprint density at radius 1 is 1.00 bits per heavy atom. The fourth-order valence-electron chi connectivity index (χ4n) is 3.67. The number of hydrogen-bond donors (Lipinski definition) is 2. The molecule has 2 N–H and O–H groups in total. The van der Waals surface area contributed by atoms with Gasteiger partial charge in [-0.2, -0.15) is 0 Å². The molecule has 1 atom stereocenters. The van der Waals surface area contributed by atoms with Gasteiger partial charge in [-0.3, -0.25) is 14.4 Å². The molecule has 0 saturated carbocycles. The Labute approximate surface area is 158 Å². The lowest BCUT2D eigenvalue weighted by Crippen LogP contribution is -2.45. The maximum absolute atomic E-state index is 13.3. The highest BCUT2D eigenvalue weighted by Gasteiger charge is 2.50. The molecule has 0 aromatic heterocycles. The minimum Gasteiger partial charge on any atom is -0.358 e. The fraction of sp³-hybridized carbons (Fsp3) is 0.286. The summed E-state index contributed by atoms with van der Waals surface area (Å²) in [4.78, 5) is 39.0. The molecule has 0 spiro atoms. The van der Waals surface area contributed by atoms with E-state index in [2.05, 4.69) is 10.6 Å². The van der Waals surface area contributed by atoms with Crippen molar-refractivity contribution in [3.8, 4) is 0 Å². The lowest BCUT2D eigenvalue weighted by molar-refractivity contribution is -0.130. The summed E-state index contributed by atoms with van der Waals surface area (Å²) in [6.45, 7) is -0.109. The van der Waals surface area contributed by atoms with E-state index in [0.717, 1.165) is 16.8 Å². The number of hydrogen-bond acceptors (Lipinski definition) is 3. The van der Waals surface area contributed by atoms with Gasteiger partial charge < -0.3 is 15.5 Å². The summed E-state index contributed by atoms with van der Waals surface area (Å²) in [5.74, 6) is -0.716. The molecule has 0 radical (unpaired) electrons. The lowest BCUT2D eigenvalue weighted by Gasteiger charge is -2.28. The van der Waals surface area contributed by atoms with Crippen molar-refractivity contribution in [3.05, 3.63) is 65.7 Å². The lowest BCUT2D eigenvalue weighted by atomic mass is 9.73. The first-order valence-corrected chi connectivity index (χ1v) is 8.87. The second-order valence-electron chi connectivity index (χ2n) is 6.75. The molecule has 1 heterocycles. The first-order chi connectivity index (χ1) is 13.0. The molecule has 1 aliphatic heterocycles. The Kier molecular flexibility index (Phi) is 5.26. The molecule has 140 valence electrons. The summed E-state index contributed by atoms with van der Waals surface area (Å²) in [5.41, 5.74) is 1.66. The van der Waals surface area contributed by atoms with Gasteiger partial charge in [0.2, 0.25) is 17.7 Å². The van der Waals surface area contributed by atoms with Gasteiger partial charge in [-0.1, -0.05) is 48.5 Å². The summed E-state index contributed by atoms with van der Waals surface area (Å²) in [6, 6.07) is 17.2. The molecule has 0 fully saturated rings. The number of rotatable bonds is 6. The van der Waals surface area contributed by atoms with Gasteiger partial charge in [-0.25, -0.2) is 0 Å². The zero-order valence-electron chi connectivity index (χ0n) is 15.5. The van der Waals surface area contributed by atoms with Crippen molar-refractivity contribution < 1.29 is 14.4 Å². The number of nitrogens with one attached hydrogen (secondary N) is 2. The van der Waals surface area contributed by atoms with E-state index >= 15 is 0 Å². The van der Waals surface area contributed by atoms with E-state index in [1.807, 2.05) is 54.6 Å². The summed E-state index contributed by atoms with van der Waals surface area (Å²) in [6.07, 6.45) is 0.403. The van der Waals surface area contributed by atoms with E-state index in [9.17, 15) is 14.4 Å². The van der Waals surface area contributed by atoms with Crippen molar-refractivity contribution in [2.45, 2.75) is 18.3 Å². The smallest absolute Gasteiger partial charge is 0.239 e. The van der Waals surface area contributed by atoms with Gasteiger partial charge in [0.1, 0.15) is 0 Å². The van der Waals surface area contributed by atoms with Gasteiger partial charge >= 0.3 is 0 Å². The predicted octanol–water partition coefficient (Wildman–Crippen LogP) is 1.40. The maximum atomic E-state index is 13.3. The minimum atomic E-state index is -0.987. The first kappa shape index (κ1) is 18.6. The van der Waals surface area contributed by atoms with Crippen LogP contribution in [0.2, 0.25) is 0 Å². The van der Waals surface area contributed by atoms with Gasteiger partial charge in [0.15, 0.2) is 0 Å². The first-order valence-electron chi connectivity index (χ1n) is 8.87. The highest BCUT2D eigenvalue weighted by atomic mass is 16.2. The van der Waals surface area contributed by atoms with Gasteiger partial charge in [-0.15, -0.1) is 0 Å². The molecule has 2 aromatic carbocycles. The number of carbonyl (C=O) groups is 3. The number of anilines is 1. The number of fused-ring (bicyclic) bond motifs is 1. The Morgan fingerprint density at radius 2 is 1.67 bits per heavy atom. The molecule has 3 amide bonds. The topological polar surface area (TPSA) is 78.5 Å². The molecule has 0 saturated heterocycles. The highest BCUT2D eigenvalue weighted by molar-refractivity contribution is 6.10. The highest BCUT2D eigenvalue weighted by Crippen LogP contribution is 2.45. The van der Waals surface area contributed by atoms with E-state index < -0.39 is 5.41 Å². The van der Waals surface area contributed by atoms with Crippen LogP contribution in [0.1, 0.15) is 17.5 Å². The average Bonchev–Trinajstić information content (AvgIpc) is 2.89. The van der Waals surface area contributed by atoms with Gasteiger partial charge in [-0.05, 0) is 23.6 Å².